The van der Waals surface area contributed by atoms with Crippen LogP contribution in [0.5, 0.6) is 5.75 Å². The molecule has 1 aromatic carbocycles. The Morgan fingerprint density at radius 3 is 2.26 bits per heavy atom. The summed E-state index contributed by atoms with van der Waals surface area (Å²) in [5.41, 5.74) is 9.20. The number of aromatic nitrogens is 2. The summed E-state index contributed by atoms with van der Waals surface area (Å²) >= 11 is 0. The predicted octanol–water partition coefficient (Wildman–Crippen LogP) is 4.79. The second-order valence-electron chi connectivity index (χ2n) is 7.82. The van der Waals surface area contributed by atoms with E-state index in [0.29, 0.717) is 22.6 Å². The third-order valence-corrected chi connectivity index (χ3v) is 5.74. The molecular weight excluding hydrogens is 407 g/mol. The van der Waals surface area contributed by atoms with Gasteiger partial charge in [0.1, 0.15) is 11.4 Å². The van der Waals surface area contributed by atoms with Crippen molar-refractivity contribution in [1.82, 2.24) is 9.38 Å². The average molecular weight is 431 g/mol. The van der Waals surface area contributed by atoms with Crippen molar-refractivity contribution in [3.63, 3.8) is 0 Å². The van der Waals surface area contributed by atoms with Gasteiger partial charge in [-0.3, -0.25) is 4.79 Å². The standard InChI is InChI=1S/C14H12F3N3O.C9H12O/c1-6-3-4-20-8-5-7(2)9(12(18)21)10(8)11(14(15,16)17)19-13(6)20;1-6-4-5-9(10)8(3)7(6)2/h3-4H,5H2,1-2H3,(H2,18,21);4-5,10H,1-3H3. The predicted molar refractivity (Wildman–Crippen MR) is 113 cm³/mol. The first-order valence-electron chi connectivity index (χ1n) is 9.68. The highest BCUT2D eigenvalue weighted by molar-refractivity contribution is 6.21. The van der Waals surface area contributed by atoms with Crippen LogP contribution in [-0.2, 0) is 17.4 Å². The number of benzene rings is 1. The van der Waals surface area contributed by atoms with E-state index in [0.717, 1.165) is 5.56 Å². The van der Waals surface area contributed by atoms with E-state index in [9.17, 15) is 23.1 Å². The number of alkyl halides is 3. The molecule has 8 heteroatoms. The van der Waals surface area contributed by atoms with Crippen molar-refractivity contribution in [2.24, 2.45) is 5.73 Å². The maximum Gasteiger partial charge on any atom is 0.434 e. The summed E-state index contributed by atoms with van der Waals surface area (Å²) in [7, 11) is 0. The lowest BCUT2D eigenvalue weighted by Gasteiger charge is -2.15. The van der Waals surface area contributed by atoms with Gasteiger partial charge in [-0.2, -0.15) is 13.2 Å². The maximum absolute atomic E-state index is 13.3. The largest absolute Gasteiger partial charge is 0.508 e. The van der Waals surface area contributed by atoms with Gasteiger partial charge in [0.25, 0.3) is 0 Å². The molecule has 3 aromatic rings. The van der Waals surface area contributed by atoms with E-state index in [1.807, 2.05) is 26.8 Å². The van der Waals surface area contributed by atoms with E-state index in [4.69, 9.17) is 5.73 Å². The quantitative estimate of drug-likeness (QED) is 0.581. The topological polar surface area (TPSA) is 80.6 Å². The molecule has 0 spiro atoms. The van der Waals surface area contributed by atoms with E-state index in [-0.39, 0.29) is 23.2 Å². The van der Waals surface area contributed by atoms with Gasteiger partial charge in [0.05, 0.1) is 0 Å². The normalized spacial score (nSPS) is 13.3. The van der Waals surface area contributed by atoms with Crippen LogP contribution < -0.4 is 5.73 Å². The highest BCUT2D eigenvalue weighted by atomic mass is 19.4. The van der Waals surface area contributed by atoms with Crippen LogP contribution in [0.25, 0.3) is 11.2 Å². The van der Waals surface area contributed by atoms with E-state index in [1.54, 1.807) is 36.6 Å². The van der Waals surface area contributed by atoms with Crippen LogP contribution in [0, 0.1) is 27.7 Å². The number of aromatic hydroxyl groups is 1. The number of hydrogen-bond donors (Lipinski definition) is 2. The van der Waals surface area contributed by atoms with Crippen LogP contribution >= 0.6 is 0 Å². The Morgan fingerprint density at radius 2 is 1.71 bits per heavy atom. The second-order valence-corrected chi connectivity index (χ2v) is 7.82. The SMILES string of the molecule is CC1=C(C(N)=O)c2c(C(F)(F)F)nc3c(C)ccn3c2C1.Cc1ccc(O)c(C)c1C. The van der Waals surface area contributed by atoms with Crippen molar-refractivity contribution in [2.75, 3.05) is 0 Å². The summed E-state index contributed by atoms with van der Waals surface area (Å²) in [5.74, 6) is -0.468. The first kappa shape index (κ1) is 22.4. The lowest BCUT2D eigenvalue weighted by molar-refractivity contribution is -0.141. The van der Waals surface area contributed by atoms with Crippen molar-refractivity contribution in [2.45, 2.75) is 47.2 Å². The molecule has 1 aliphatic rings. The van der Waals surface area contributed by atoms with Crippen LogP contribution in [0.4, 0.5) is 13.2 Å². The second kappa shape index (κ2) is 7.76. The number of primary amides is 1. The number of hydrogen-bond acceptors (Lipinski definition) is 3. The molecule has 2 aromatic heterocycles. The van der Waals surface area contributed by atoms with Crippen LogP contribution in [-0.4, -0.2) is 20.4 Å². The molecule has 0 fully saturated rings. The van der Waals surface area contributed by atoms with Gasteiger partial charge in [-0.25, -0.2) is 4.98 Å². The molecule has 4 rings (SSSR count). The molecule has 0 saturated carbocycles. The lowest BCUT2D eigenvalue weighted by atomic mass is 10.0. The Labute approximate surface area is 178 Å². The molecule has 0 saturated heterocycles. The summed E-state index contributed by atoms with van der Waals surface area (Å²) < 4.78 is 41.6. The minimum Gasteiger partial charge on any atom is -0.508 e. The Bertz CT molecular complexity index is 1210. The molecule has 1 aliphatic carbocycles. The third-order valence-electron chi connectivity index (χ3n) is 5.74. The molecule has 0 bridgehead atoms. The minimum absolute atomic E-state index is 0.0712. The number of allylic oxidation sites excluding steroid dienone is 1. The molecule has 164 valence electrons. The van der Waals surface area contributed by atoms with E-state index < -0.39 is 17.8 Å². The Hall–Kier alpha value is -3.29. The van der Waals surface area contributed by atoms with Gasteiger partial charge in [-0.05, 0) is 69.0 Å². The van der Waals surface area contributed by atoms with Gasteiger partial charge in [0.15, 0.2) is 5.69 Å². The summed E-state index contributed by atoms with van der Waals surface area (Å²) in [5, 5.41) is 9.22. The molecule has 0 radical (unpaired) electrons. The molecule has 1 amide bonds. The molecule has 3 N–H and O–H groups in total. The monoisotopic (exact) mass is 431 g/mol. The van der Waals surface area contributed by atoms with E-state index in [2.05, 4.69) is 4.98 Å². The summed E-state index contributed by atoms with van der Waals surface area (Å²) in [4.78, 5) is 15.3. The smallest absolute Gasteiger partial charge is 0.434 e. The number of amides is 1. The average Bonchev–Trinajstić information content (AvgIpc) is 3.22. The first-order chi connectivity index (χ1) is 14.3. The highest BCUT2D eigenvalue weighted by Crippen LogP contribution is 2.41. The van der Waals surface area contributed by atoms with Gasteiger partial charge in [0.2, 0.25) is 5.91 Å². The zero-order valence-corrected chi connectivity index (χ0v) is 18.0. The fourth-order valence-electron chi connectivity index (χ4n) is 3.77. The zero-order valence-electron chi connectivity index (χ0n) is 18.0. The lowest BCUT2D eigenvalue weighted by Crippen LogP contribution is -2.19. The fourth-order valence-corrected chi connectivity index (χ4v) is 3.77. The number of nitrogens with zero attached hydrogens (tertiary/aromatic N) is 2. The van der Waals surface area contributed by atoms with Crippen LogP contribution in [0.3, 0.4) is 0 Å². The van der Waals surface area contributed by atoms with Gasteiger partial charge in [0, 0.05) is 29.4 Å². The minimum atomic E-state index is -4.64. The Balaban J connectivity index is 0.000000229. The number of carbonyl (C=O) groups excluding carboxylic acids is 1. The van der Waals surface area contributed by atoms with Crippen molar-refractivity contribution < 1.29 is 23.1 Å². The molecule has 0 aliphatic heterocycles. The number of halogens is 3. The first-order valence-corrected chi connectivity index (χ1v) is 9.68. The summed E-state index contributed by atoms with van der Waals surface area (Å²) in [6.45, 7) is 9.30. The molecule has 2 heterocycles. The molecule has 31 heavy (non-hydrogen) atoms. The number of nitrogens with two attached hydrogens (primary N) is 1. The van der Waals surface area contributed by atoms with Gasteiger partial charge < -0.3 is 15.2 Å². The highest BCUT2D eigenvalue weighted by Gasteiger charge is 2.41. The van der Waals surface area contributed by atoms with Crippen LogP contribution in [0.1, 0.15) is 46.1 Å². The number of rotatable bonds is 1. The van der Waals surface area contributed by atoms with E-state index >= 15 is 0 Å². The number of phenols is 1. The van der Waals surface area contributed by atoms with E-state index in [1.165, 1.54) is 11.1 Å². The molecular formula is C23H24F3N3O2. The molecule has 0 atom stereocenters. The van der Waals surface area contributed by atoms with Crippen molar-refractivity contribution >= 4 is 17.1 Å². The van der Waals surface area contributed by atoms with Crippen molar-refractivity contribution in [1.29, 1.82) is 0 Å². The summed E-state index contributed by atoms with van der Waals surface area (Å²) in [6, 6.07) is 5.36. The third kappa shape index (κ3) is 3.89. The van der Waals surface area contributed by atoms with Crippen molar-refractivity contribution in [3.8, 4) is 5.75 Å². The van der Waals surface area contributed by atoms with Gasteiger partial charge in [-0.15, -0.1) is 0 Å². The Kier molecular flexibility index (Phi) is 5.60. The number of fused-ring (bicyclic) bond motifs is 3. The van der Waals surface area contributed by atoms with Crippen molar-refractivity contribution in [3.05, 3.63) is 69.2 Å². The fraction of sp³-hybridized carbons (Fsp3) is 0.304. The molecule has 5 nitrogen and oxygen atoms in total. The van der Waals surface area contributed by atoms with Crippen LogP contribution in [0.15, 0.2) is 30.0 Å². The van der Waals surface area contributed by atoms with Gasteiger partial charge >= 0.3 is 6.18 Å². The summed E-state index contributed by atoms with van der Waals surface area (Å²) in [6.07, 6.45) is -2.73. The number of phenolic OH excluding ortho intramolecular Hbond substituents is 1. The number of carbonyl (C=O) groups is 1. The Morgan fingerprint density at radius 1 is 1.06 bits per heavy atom. The molecule has 0 unspecified atom stereocenters. The maximum atomic E-state index is 13.3. The van der Waals surface area contributed by atoms with Crippen LogP contribution in [0.2, 0.25) is 0 Å². The number of aryl methyl sites for hydroxylation is 2. The zero-order chi connectivity index (χ0) is 23.2. The van der Waals surface area contributed by atoms with Gasteiger partial charge in [-0.1, -0.05) is 11.6 Å².